The first-order valence-electron chi connectivity index (χ1n) is 12.6. The second-order valence-electron chi connectivity index (χ2n) is 9.49. The van der Waals surface area contributed by atoms with Gasteiger partial charge in [-0.1, -0.05) is 53.5 Å². The van der Waals surface area contributed by atoms with Crippen LogP contribution in [0, 0.1) is 17.8 Å². The maximum atomic E-state index is 12.7. The summed E-state index contributed by atoms with van der Waals surface area (Å²) in [5, 5.41) is 9.67. The Hall–Kier alpha value is -2.94. The van der Waals surface area contributed by atoms with Gasteiger partial charge >= 0.3 is 23.9 Å². The van der Waals surface area contributed by atoms with Gasteiger partial charge in [-0.25, -0.2) is 0 Å². The third-order valence-corrected chi connectivity index (χ3v) is 6.35. The highest BCUT2D eigenvalue weighted by Gasteiger charge is 2.35. The molecule has 1 aromatic carbocycles. The van der Waals surface area contributed by atoms with E-state index in [2.05, 4.69) is 0 Å². The van der Waals surface area contributed by atoms with Gasteiger partial charge in [0, 0.05) is 18.8 Å². The molecule has 0 saturated carbocycles. The first-order valence-corrected chi connectivity index (χ1v) is 12.6. The van der Waals surface area contributed by atoms with E-state index in [0.29, 0.717) is 18.4 Å². The van der Waals surface area contributed by atoms with Crippen molar-refractivity contribution in [2.45, 2.75) is 92.2 Å². The van der Waals surface area contributed by atoms with Crippen LogP contribution in [0.15, 0.2) is 18.2 Å². The number of esters is 3. The maximum absolute atomic E-state index is 12.7. The van der Waals surface area contributed by atoms with Crippen molar-refractivity contribution in [3.8, 4) is 11.5 Å². The molecule has 0 spiro atoms. The standard InChI is InChI=1S/C27H41NO8/c1-8-10-15(3)26(32)35-21-13-12-20(14-22(21)36-27(33)16(4)11-9-2)23(24(28)25(30)31)17(5)18(6)34-19(7)29/h12-18,23-24H,8-11,28H2,1-7H3,(H,30,31)/t15?,16?,17?,18?,23?,24-/m0/s1. The van der Waals surface area contributed by atoms with Crippen LogP contribution in [0.25, 0.3) is 0 Å². The molecule has 9 nitrogen and oxygen atoms in total. The van der Waals surface area contributed by atoms with Crippen molar-refractivity contribution in [2.75, 3.05) is 0 Å². The molecule has 0 aliphatic rings. The van der Waals surface area contributed by atoms with E-state index in [1.54, 1.807) is 33.8 Å². The van der Waals surface area contributed by atoms with Gasteiger partial charge < -0.3 is 25.1 Å². The Bertz CT molecular complexity index is 915. The predicted octanol–water partition coefficient (Wildman–Crippen LogP) is 4.45. The predicted molar refractivity (Wildman–Crippen MR) is 135 cm³/mol. The molecular formula is C27H41NO8. The molecular weight excluding hydrogens is 466 g/mol. The van der Waals surface area contributed by atoms with Crippen LogP contribution in [0.5, 0.6) is 11.5 Å². The van der Waals surface area contributed by atoms with E-state index in [0.717, 1.165) is 12.8 Å². The summed E-state index contributed by atoms with van der Waals surface area (Å²) in [5.41, 5.74) is 6.51. The monoisotopic (exact) mass is 507 g/mol. The van der Waals surface area contributed by atoms with Crippen molar-refractivity contribution in [3.63, 3.8) is 0 Å². The minimum absolute atomic E-state index is 0.00688. The third-order valence-electron chi connectivity index (χ3n) is 6.35. The minimum atomic E-state index is -1.33. The topological polar surface area (TPSA) is 142 Å². The van der Waals surface area contributed by atoms with Gasteiger partial charge in [-0.05, 0) is 37.5 Å². The quantitative estimate of drug-likeness (QED) is 0.276. The van der Waals surface area contributed by atoms with Gasteiger partial charge in [0.1, 0.15) is 12.1 Å². The number of carbonyl (C=O) groups is 4. The van der Waals surface area contributed by atoms with E-state index in [4.69, 9.17) is 19.9 Å². The zero-order valence-corrected chi connectivity index (χ0v) is 22.4. The zero-order chi connectivity index (χ0) is 27.6. The molecule has 36 heavy (non-hydrogen) atoms. The zero-order valence-electron chi connectivity index (χ0n) is 22.4. The summed E-state index contributed by atoms with van der Waals surface area (Å²) in [6, 6.07) is 3.21. The number of hydrogen-bond donors (Lipinski definition) is 2. The molecule has 3 N–H and O–H groups in total. The summed E-state index contributed by atoms with van der Waals surface area (Å²) in [6.07, 6.45) is 2.21. The number of nitrogens with two attached hydrogens (primary N) is 1. The number of carboxylic acid groups (broad SMARTS) is 1. The normalized spacial score (nSPS) is 16.1. The van der Waals surface area contributed by atoms with Gasteiger partial charge in [0.15, 0.2) is 11.5 Å². The van der Waals surface area contributed by atoms with Crippen molar-refractivity contribution in [1.29, 1.82) is 0 Å². The van der Waals surface area contributed by atoms with E-state index in [9.17, 15) is 24.3 Å². The largest absolute Gasteiger partial charge is 0.480 e. The first-order chi connectivity index (χ1) is 16.8. The summed E-state index contributed by atoms with van der Waals surface area (Å²) in [4.78, 5) is 48.6. The van der Waals surface area contributed by atoms with Crippen LogP contribution < -0.4 is 15.2 Å². The molecule has 0 radical (unpaired) electrons. The van der Waals surface area contributed by atoms with E-state index < -0.39 is 47.9 Å². The molecule has 0 saturated heterocycles. The van der Waals surface area contributed by atoms with Crippen LogP contribution in [-0.4, -0.2) is 41.1 Å². The second-order valence-corrected chi connectivity index (χ2v) is 9.49. The number of benzene rings is 1. The summed E-state index contributed by atoms with van der Waals surface area (Å²) < 4.78 is 16.5. The van der Waals surface area contributed by atoms with Crippen molar-refractivity contribution < 1.29 is 38.5 Å². The highest BCUT2D eigenvalue weighted by Crippen LogP contribution is 2.37. The van der Waals surface area contributed by atoms with Gasteiger partial charge in [-0.3, -0.25) is 19.2 Å². The van der Waals surface area contributed by atoms with Gasteiger partial charge in [0.25, 0.3) is 0 Å². The van der Waals surface area contributed by atoms with Gasteiger partial charge in [-0.15, -0.1) is 0 Å². The van der Waals surface area contributed by atoms with Crippen molar-refractivity contribution >= 4 is 23.9 Å². The third kappa shape index (κ3) is 8.93. The van der Waals surface area contributed by atoms with Crippen molar-refractivity contribution in [2.24, 2.45) is 23.5 Å². The van der Waals surface area contributed by atoms with E-state index in [1.807, 2.05) is 13.8 Å². The molecule has 0 aliphatic heterocycles. The molecule has 6 atom stereocenters. The number of rotatable bonds is 14. The van der Waals surface area contributed by atoms with Gasteiger partial charge in [-0.2, -0.15) is 0 Å². The average molecular weight is 508 g/mol. The lowest BCUT2D eigenvalue weighted by Gasteiger charge is -2.31. The number of carbonyl (C=O) groups excluding carboxylic acids is 3. The van der Waals surface area contributed by atoms with E-state index in [1.165, 1.54) is 19.1 Å². The lowest BCUT2D eigenvalue weighted by Crippen LogP contribution is -2.42. The Balaban J connectivity index is 3.52. The molecule has 0 heterocycles. The van der Waals surface area contributed by atoms with Crippen molar-refractivity contribution in [1.82, 2.24) is 0 Å². The maximum Gasteiger partial charge on any atom is 0.321 e. The lowest BCUT2D eigenvalue weighted by atomic mass is 9.79. The Labute approximate surface area is 213 Å². The number of ether oxygens (including phenoxy) is 3. The Morgan fingerprint density at radius 2 is 1.39 bits per heavy atom. The Morgan fingerprint density at radius 3 is 1.83 bits per heavy atom. The van der Waals surface area contributed by atoms with E-state index in [-0.39, 0.29) is 23.3 Å². The average Bonchev–Trinajstić information content (AvgIpc) is 2.80. The summed E-state index contributed by atoms with van der Waals surface area (Å²) in [7, 11) is 0. The van der Waals surface area contributed by atoms with Crippen LogP contribution in [0.3, 0.4) is 0 Å². The summed E-state index contributed by atoms with van der Waals surface area (Å²) in [5.74, 6) is -4.66. The Kier molecular flexibility index (Phi) is 12.6. The minimum Gasteiger partial charge on any atom is -0.480 e. The van der Waals surface area contributed by atoms with Crippen molar-refractivity contribution in [3.05, 3.63) is 23.8 Å². The SMILES string of the molecule is CCCC(C)C(=O)Oc1ccc(C(C(C)C(C)OC(C)=O)[C@H](N)C(=O)O)cc1OC(=O)C(C)CCC. The fourth-order valence-electron chi connectivity index (χ4n) is 4.07. The number of carboxylic acids is 1. The molecule has 1 rings (SSSR count). The Morgan fingerprint density at radius 1 is 0.889 bits per heavy atom. The second kappa shape index (κ2) is 14.6. The van der Waals surface area contributed by atoms with Crippen LogP contribution in [-0.2, 0) is 23.9 Å². The van der Waals surface area contributed by atoms with Crippen LogP contribution in [0.4, 0.5) is 0 Å². The highest BCUT2D eigenvalue weighted by atomic mass is 16.6. The van der Waals surface area contributed by atoms with Gasteiger partial charge in [0.05, 0.1) is 11.8 Å². The number of hydrogen-bond acceptors (Lipinski definition) is 8. The van der Waals surface area contributed by atoms with E-state index >= 15 is 0 Å². The van der Waals surface area contributed by atoms with Crippen LogP contribution >= 0.6 is 0 Å². The van der Waals surface area contributed by atoms with Crippen LogP contribution in [0.1, 0.15) is 85.6 Å². The fourth-order valence-corrected chi connectivity index (χ4v) is 4.07. The molecule has 0 aliphatic carbocycles. The first kappa shape index (κ1) is 31.1. The van der Waals surface area contributed by atoms with Gasteiger partial charge in [0.2, 0.25) is 0 Å². The molecule has 0 fully saturated rings. The fraction of sp³-hybridized carbons (Fsp3) is 0.630. The smallest absolute Gasteiger partial charge is 0.321 e. The molecule has 202 valence electrons. The molecule has 9 heteroatoms. The highest BCUT2D eigenvalue weighted by molar-refractivity contribution is 5.79. The molecule has 1 aromatic rings. The summed E-state index contributed by atoms with van der Waals surface area (Å²) >= 11 is 0. The summed E-state index contributed by atoms with van der Waals surface area (Å²) in [6.45, 7) is 12.1. The van der Waals surface area contributed by atoms with Crippen LogP contribution in [0.2, 0.25) is 0 Å². The molecule has 0 amide bonds. The molecule has 5 unspecified atom stereocenters. The lowest BCUT2D eigenvalue weighted by molar-refractivity contribution is -0.148. The molecule has 0 bridgehead atoms. The molecule has 0 aromatic heterocycles. The number of aliphatic carboxylic acids is 1.